The Labute approximate surface area is 64.3 Å². The average molecular weight is 138 g/mol. The zero-order valence-corrected chi connectivity index (χ0v) is 7.35. The molecule has 0 aromatic heterocycles. The first-order valence-corrected chi connectivity index (χ1v) is 4.43. The van der Waals surface area contributed by atoms with E-state index in [0.717, 1.165) is 11.8 Å². The number of hydrogen-bond acceptors (Lipinski definition) is 0. The molecule has 2 atom stereocenters. The molecule has 0 aromatic rings. The third-order valence-electron chi connectivity index (χ3n) is 2.61. The van der Waals surface area contributed by atoms with Crippen LogP contribution in [-0.2, 0) is 0 Å². The van der Waals surface area contributed by atoms with Crippen molar-refractivity contribution in [3.8, 4) is 0 Å². The van der Waals surface area contributed by atoms with Crippen LogP contribution in [0.3, 0.4) is 0 Å². The molecule has 0 saturated heterocycles. The van der Waals surface area contributed by atoms with Crippen molar-refractivity contribution in [1.29, 1.82) is 0 Å². The van der Waals surface area contributed by atoms with Crippen molar-refractivity contribution in [2.75, 3.05) is 0 Å². The molecule has 1 unspecified atom stereocenters. The summed E-state index contributed by atoms with van der Waals surface area (Å²) in [6.45, 7) is 6.95. The van der Waals surface area contributed by atoms with Crippen LogP contribution < -0.4 is 0 Å². The molecule has 0 heterocycles. The van der Waals surface area contributed by atoms with Gasteiger partial charge in [-0.25, -0.2) is 0 Å². The Morgan fingerprint density at radius 2 is 2.40 bits per heavy atom. The second-order valence-corrected chi connectivity index (χ2v) is 3.63. The molecule has 1 rings (SSSR count). The van der Waals surface area contributed by atoms with Crippen molar-refractivity contribution < 1.29 is 0 Å². The van der Waals surface area contributed by atoms with E-state index in [-0.39, 0.29) is 0 Å². The van der Waals surface area contributed by atoms with Crippen LogP contribution in [0.25, 0.3) is 0 Å². The van der Waals surface area contributed by atoms with E-state index in [2.05, 4.69) is 26.8 Å². The fourth-order valence-electron chi connectivity index (χ4n) is 1.59. The van der Waals surface area contributed by atoms with Gasteiger partial charge < -0.3 is 0 Å². The Morgan fingerprint density at radius 3 is 2.80 bits per heavy atom. The highest BCUT2D eigenvalue weighted by atomic mass is 14.2. The standard InChI is InChI=1S/C10H18/c1-4-9(3)10-6-5-8(2)7-10/h6,8-9H,4-5,7H2,1-3H3/t8?,9-/m0/s1. The topological polar surface area (TPSA) is 0 Å². The van der Waals surface area contributed by atoms with Crippen molar-refractivity contribution in [3.05, 3.63) is 11.6 Å². The molecule has 1 aliphatic carbocycles. The normalized spacial score (nSPS) is 28.3. The van der Waals surface area contributed by atoms with Gasteiger partial charge in [0.25, 0.3) is 0 Å². The summed E-state index contributed by atoms with van der Waals surface area (Å²) in [6, 6.07) is 0. The highest BCUT2D eigenvalue weighted by Gasteiger charge is 2.15. The molecule has 0 saturated carbocycles. The van der Waals surface area contributed by atoms with Gasteiger partial charge in [0.05, 0.1) is 0 Å². The molecule has 0 amide bonds. The fraction of sp³-hybridized carbons (Fsp3) is 0.800. The molecule has 0 spiro atoms. The van der Waals surface area contributed by atoms with Gasteiger partial charge in [0.15, 0.2) is 0 Å². The Balaban J connectivity index is 2.43. The molecular weight excluding hydrogens is 120 g/mol. The van der Waals surface area contributed by atoms with Gasteiger partial charge in [-0.05, 0) is 31.1 Å². The maximum atomic E-state index is 2.44. The summed E-state index contributed by atoms with van der Waals surface area (Å²) in [5, 5.41) is 0. The van der Waals surface area contributed by atoms with E-state index in [9.17, 15) is 0 Å². The largest absolute Gasteiger partial charge is 0.0848 e. The molecule has 0 bridgehead atoms. The molecule has 1 aliphatic rings. The van der Waals surface area contributed by atoms with Crippen molar-refractivity contribution in [2.24, 2.45) is 11.8 Å². The van der Waals surface area contributed by atoms with Crippen LogP contribution in [0.1, 0.15) is 40.0 Å². The maximum absolute atomic E-state index is 2.44. The predicted octanol–water partition coefficient (Wildman–Crippen LogP) is 3.39. The number of hydrogen-bond donors (Lipinski definition) is 0. The van der Waals surface area contributed by atoms with E-state index in [4.69, 9.17) is 0 Å². The molecule has 0 heteroatoms. The van der Waals surface area contributed by atoms with Gasteiger partial charge in [-0.1, -0.05) is 32.4 Å². The van der Waals surface area contributed by atoms with Gasteiger partial charge in [0, 0.05) is 0 Å². The highest BCUT2D eigenvalue weighted by Crippen LogP contribution is 2.30. The average Bonchev–Trinajstić information content (AvgIpc) is 2.34. The summed E-state index contributed by atoms with van der Waals surface area (Å²) < 4.78 is 0. The lowest BCUT2D eigenvalue weighted by Gasteiger charge is -2.10. The zero-order chi connectivity index (χ0) is 7.56. The van der Waals surface area contributed by atoms with Crippen LogP contribution in [0.5, 0.6) is 0 Å². The summed E-state index contributed by atoms with van der Waals surface area (Å²) in [5.74, 6) is 1.76. The van der Waals surface area contributed by atoms with Crippen LogP contribution in [-0.4, -0.2) is 0 Å². The quantitative estimate of drug-likeness (QED) is 0.513. The number of rotatable bonds is 2. The van der Waals surface area contributed by atoms with E-state index >= 15 is 0 Å². The van der Waals surface area contributed by atoms with Gasteiger partial charge in [-0.2, -0.15) is 0 Å². The van der Waals surface area contributed by atoms with Crippen LogP contribution in [0.15, 0.2) is 11.6 Å². The minimum absolute atomic E-state index is 0.838. The summed E-state index contributed by atoms with van der Waals surface area (Å²) in [5.41, 5.74) is 1.70. The zero-order valence-electron chi connectivity index (χ0n) is 7.35. The van der Waals surface area contributed by atoms with E-state index in [1.54, 1.807) is 5.57 Å². The van der Waals surface area contributed by atoms with Gasteiger partial charge >= 0.3 is 0 Å². The third kappa shape index (κ3) is 1.62. The van der Waals surface area contributed by atoms with E-state index in [1.807, 2.05) is 0 Å². The van der Waals surface area contributed by atoms with Crippen LogP contribution in [0.2, 0.25) is 0 Å². The van der Waals surface area contributed by atoms with Crippen molar-refractivity contribution in [3.63, 3.8) is 0 Å². The predicted molar refractivity (Wildman–Crippen MR) is 45.9 cm³/mol. The first-order valence-electron chi connectivity index (χ1n) is 4.43. The fourth-order valence-corrected chi connectivity index (χ4v) is 1.59. The lowest BCUT2D eigenvalue weighted by Crippen LogP contribution is -1.96. The van der Waals surface area contributed by atoms with Crippen molar-refractivity contribution in [1.82, 2.24) is 0 Å². The molecule has 0 aromatic carbocycles. The molecular formula is C10H18. The Morgan fingerprint density at radius 1 is 1.70 bits per heavy atom. The first-order chi connectivity index (χ1) is 4.74. The monoisotopic (exact) mass is 138 g/mol. The molecule has 0 N–H and O–H groups in total. The Kier molecular flexibility index (Phi) is 2.53. The lowest BCUT2D eigenvalue weighted by molar-refractivity contribution is 0.570. The van der Waals surface area contributed by atoms with Gasteiger partial charge in [0.1, 0.15) is 0 Å². The van der Waals surface area contributed by atoms with Gasteiger partial charge in [-0.15, -0.1) is 0 Å². The molecule has 0 aliphatic heterocycles. The van der Waals surface area contributed by atoms with Crippen LogP contribution in [0.4, 0.5) is 0 Å². The highest BCUT2D eigenvalue weighted by molar-refractivity contribution is 5.12. The van der Waals surface area contributed by atoms with Gasteiger partial charge in [-0.3, -0.25) is 0 Å². The first kappa shape index (κ1) is 7.84. The smallest absolute Gasteiger partial charge is 0.0234 e. The van der Waals surface area contributed by atoms with Crippen molar-refractivity contribution >= 4 is 0 Å². The summed E-state index contributed by atoms with van der Waals surface area (Å²) in [7, 11) is 0. The van der Waals surface area contributed by atoms with E-state index in [1.165, 1.54) is 19.3 Å². The lowest BCUT2D eigenvalue weighted by atomic mass is 9.96. The summed E-state index contributed by atoms with van der Waals surface area (Å²) in [6.07, 6.45) is 6.42. The summed E-state index contributed by atoms with van der Waals surface area (Å²) in [4.78, 5) is 0. The van der Waals surface area contributed by atoms with Crippen LogP contribution >= 0.6 is 0 Å². The molecule has 10 heavy (non-hydrogen) atoms. The van der Waals surface area contributed by atoms with E-state index < -0.39 is 0 Å². The molecule has 0 fully saturated rings. The van der Waals surface area contributed by atoms with Crippen LogP contribution in [0, 0.1) is 11.8 Å². The minimum atomic E-state index is 0.838. The van der Waals surface area contributed by atoms with Crippen molar-refractivity contribution in [2.45, 2.75) is 40.0 Å². The second kappa shape index (κ2) is 3.23. The minimum Gasteiger partial charge on any atom is -0.0848 e. The maximum Gasteiger partial charge on any atom is -0.0234 e. The van der Waals surface area contributed by atoms with E-state index in [0.29, 0.717) is 0 Å². The summed E-state index contributed by atoms with van der Waals surface area (Å²) >= 11 is 0. The molecule has 0 radical (unpaired) electrons. The number of allylic oxidation sites excluding steroid dienone is 2. The molecule has 58 valence electrons. The SMILES string of the molecule is CC[C@H](C)C1=CCC(C)C1. The Bertz CT molecular complexity index is 133. The molecule has 0 nitrogen and oxygen atoms in total. The second-order valence-electron chi connectivity index (χ2n) is 3.63. The third-order valence-corrected chi connectivity index (χ3v) is 2.61. The van der Waals surface area contributed by atoms with Gasteiger partial charge in [0.2, 0.25) is 0 Å². The Hall–Kier alpha value is -0.260.